The summed E-state index contributed by atoms with van der Waals surface area (Å²) in [6.45, 7) is 9.39. The monoisotopic (exact) mass is 293 g/mol. The lowest BCUT2D eigenvalue weighted by molar-refractivity contribution is 0.0697. The van der Waals surface area contributed by atoms with Gasteiger partial charge in [0.15, 0.2) is 0 Å². The Balaban J connectivity index is 2.71. The van der Waals surface area contributed by atoms with Crippen molar-refractivity contribution < 1.29 is 15.0 Å². The van der Waals surface area contributed by atoms with E-state index in [1.165, 1.54) is 0 Å². The van der Waals surface area contributed by atoms with E-state index < -0.39 is 5.97 Å². The number of carbonyl (C=O) groups is 1. The normalized spacial score (nSPS) is 14.4. The van der Waals surface area contributed by atoms with Crippen molar-refractivity contribution in [2.45, 2.75) is 40.3 Å². The van der Waals surface area contributed by atoms with E-state index in [-0.39, 0.29) is 18.6 Å². The molecule has 0 heterocycles. The number of aliphatic hydroxyl groups excluding tert-OH is 1. The van der Waals surface area contributed by atoms with Crippen LogP contribution >= 0.6 is 0 Å². The lowest BCUT2D eigenvalue weighted by atomic mass is 9.83. The average molecular weight is 293 g/mol. The molecule has 0 bridgehead atoms. The van der Waals surface area contributed by atoms with Crippen LogP contribution < -0.4 is 5.32 Å². The molecule has 118 valence electrons. The van der Waals surface area contributed by atoms with E-state index in [0.717, 1.165) is 5.56 Å². The quantitative estimate of drug-likeness (QED) is 0.689. The largest absolute Gasteiger partial charge is 0.478 e. The standard InChI is InChI=1S/C17H27NO3/c1-11(2)15(10-19)16(12(3)4)18-9-13-5-7-14(8-6-13)17(20)21/h5-8,11-12,15-16,18-19H,9-10H2,1-4H3,(H,20,21). The van der Waals surface area contributed by atoms with Gasteiger partial charge in [0.05, 0.1) is 5.56 Å². The van der Waals surface area contributed by atoms with E-state index in [2.05, 4.69) is 33.0 Å². The first kappa shape index (κ1) is 17.7. The third-order valence-electron chi connectivity index (χ3n) is 3.99. The van der Waals surface area contributed by atoms with Gasteiger partial charge in [-0.25, -0.2) is 4.79 Å². The molecular weight excluding hydrogens is 266 g/mol. The Morgan fingerprint density at radius 2 is 1.67 bits per heavy atom. The molecule has 2 unspecified atom stereocenters. The van der Waals surface area contributed by atoms with Gasteiger partial charge in [-0.1, -0.05) is 39.8 Å². The molecule has 1 aromatic rings. The maximum Gasteiger partial charge on any atom is 0.335 e. The second-order valence-electron chi connectivity index (χ2n) is 6.24. The summed E-state index contributed by atoms with van der Waals surface area (Å²) in [5.41, 5.74) is 1.35. The van der Waals surface area contributed by atoms with Gasteiger partial charge in [0, 0.05) is 19.2 Å². The van der Waals surface area contributed by atoms with Crippen molar-refractivity contribution in [1.29, 1.82) is 0 Å². The average Bonchev–Trinajstić information content (AvgIpc) is 2.42. The van der Waals surface area contributed by atoms with Gasteiger partial charge >= 0.3 is 5.97 Å². The van der Waals surface area contributed by atoms with Crippen molar-refractivity contribution >= 4 is 5.97 Å². The summed E-state index contributed by atoms with van der Waals surface area (Å²) < 4.78 is 0. The van der Waals surface area contributed by atoms with E-state index in [9.17, 15) is 9.90 Å². The summed E-state index contributed by atoms with van der Waals surface area (Å²) in [5.74, 6) is 0.130. The van der Waals surface area contributed by atoms with Crippen LogP contribution in [0.3, 0.4) is 0 Å². The van der Waals surface area contributed by atoms with Crippen molar-refractivity contribution in [3.8, 4) is 0 Å². The van der Waals surface area contributed by atoms with Crippen LogP contribution in [0.2, 0.25) is 0 Å². The molecule has 0 aromatic heterocycles. The molecule has 0 aliphatic heterocycles. The van der Waals surface area contributed by atoms with Crippen molar-refractivity contribution in [3.63, 3.8) is 0 Å². The van der Waals surface area contributed by atoms with Crippen LogP contribution in [0.4, 0.5) is 0 Å². The molecule has 2 atom stereocenters. The Morgan fingerprint density at radius 3 is 2.05 bits per heavy atom. The predicted molar refractivity (Wildman–Crippen MR) is 84.3 cm³/mol. The number of carboxylic acid groups (broad SMARTS) is 1. The van der Waals surface area contributed by atoms with Gasteiger partial charge in [0.25, 0.3) is 0 Å². The number of aromatic carboxylic acids is 1. The topological polar surface area (TPSA) is 69.6 Å². The van der Waals surface area contributed by atoms with Crippen molar-refractivity contribution in [1.82, 2.24) is 5.32 Å². The summed E-state index contributed by atoms with van der Waals surface area (Å²) >= 11 is 0. The molecule has 3 N–H and O–H groups in total. The molecule has 0 amide bonds. The molecule has 0 spiro atoms. The van der Waals surface area contributed by atoms with Crippen LogP contribution in [0, 0.1) is 17.8 Å². The smallest absolute Gasteiger partial charge is 0.335 e. The molecule has 0 saturated carbocycles. The minimum Gasteiger partial charge on any atom is -0.478 e. The zero-order valence-electron chi connectivity index (χ0n) is 13.3. The van der Waals surface area contributed by atoms with Crippen LogP contribution in [0.25, 0.3) is 0 Å². The second-order valence-corrected chi connectivity index (χ2v) is 6.24. The number of benzene rings is 1. The van der Waals surface area contributed by atoms with E-state index >= 15 is 0 Å². The lowest BCUT2D eigenvalue weighted by Gasteiger charge is -2.32. The minimum absolute atomic E-state index is 0.172. The van der Waals surface area contributed by atoms with Crippen molar-refractivity contribution in [2.75, 3.05) is 6.61 Å². The Kier molecular flexibility index (Phi) is 6.85. The van der Waals surface area contributed by atoms with Crippen LogP contribution in [0.5, 0.6) is 0 Å². The van der Waals surface area contributed by atoms with E-state index in [4.69, 9.17) is 5.11 Å². The molecule has 0 aliphatic rings. The highest BCUT2D eigenvalue weighted by Gasteiger charge is 2.26. The molecule has 4 nitrogen and oxygen atoms in total. The van der Waals surface area contributed by atoms with Gasteiger partial charge in [-0.05, 0) is 35.4 Å². The summed E-state index contributed by atoms with van der Waals surface area (Å²) in [6.07, 6.45) is 0. The van der Waals surface area contributed by atoms with E-state index in [1.807, 2.05) is 12.1 Å². The predicted octanol–water partition coefficient (Wildman–Crippen LogP) is 2.76. The van der Waals surface area contributed by atoms with Crippen molar-refractivity contribution in [2.24, 2.45) is 17.8 Å². The van der Waals surface area contributed by atoms with E-state index in [0.29, 0.717) is 23.9 Å². The van der Waals surface area contributed by atoms with Gasteiger partial charge in [-0.15, -0.1) is 0 Å². The highest BCUT2D eigenvalue weighted by Crippen LogP contribution is 2.21. The minimum atomic E-state index is -0.908. The molecular formula is C17H27NO3. The van der Waals surface area contributed by atoms with Crippen LogP contribution in [-0.4, -0.2) is 28.8 Å². The number of aliphatic hydroxyl groups is 1. The van der Waals surface area contributed by atoms with Crippen LogP contribution in [0.15, 0.2) is 24.3 Å². The summed E-state index contributed by atoms with van der Waals surface area (Å²) in [7, 11) is 0. The van der Waals surface area contributed by atoms with Crippen LogP contribution in [0.1, 0.15) is 43.6 Å². The van der Waals surface area contributed by atoms with Gasteiger partial charge in [-0.3, -0.25) is 0 Å². The highest BCUT2D eigenvalue weighted by atomic mass is 16.4. The first-order valence-corrected chi connectivity index (χ1v) is 7.53. The Bertz CT molecular complexity index is 440. The summed E-state index contributed by atoms with van der Waals surface area (Å²) in [5, 5.41) is 22.0. The van der Waals surface area contributed by atoms with Crippen LogP contribution in [-0.2, 0) is 6.54 Å². The Labute approximate surface area is 127 Å². The first-order valence-electron chi connectivity index (χ1n) is 7.53. The molecule has 1 aromatic carbocycles. The van der Waals surface area contributed by atoms with Crippen molar-refractivity contribution in [3.05, 3.63) is 35.4 Å². The molecule has 4 heteroatoms. The zero-order chi connectivity index (χ0) is 16.0. The molecule has 0 radical (unpaired) electrons. The number of rotatable bonds is 8. The third kappa shape index (κ3) is 5.14. The fourth-order valence-electron chi connectivity index (χ4n) is 2.62. The van der Waals surface area contributed by atoms with Gasteiger partial charge in [-0.2, -0.15) is 0 Å². The lowest BCUT2D eigenvalue weighted by Crippen LogP contribution is -2.43. The van der Waals surface area contributed by atoms with Gasteiger partial charge in [0.2, 0.25) is 0 Å². The van der Waals surface area contributed by atoms with Gasteiger partial charge in [0.1, 0.15) is 0 Å². The summed E-state index contributed by atoms with van der Waals surface area (Å²) in [6, 6.07) is 7.13. The third-order valence-corrected chi connectivity index (χ3v) is 3.99. The maximum atomic E-state index is 10.8. The fourth-order valence-corrected chi connectivity index (χ4v) is 2.62. The molecule has 0 fully saturated rings. The Morgan fingerprint density at radius 1 is 1.10 bits per heavy atom. The SMILES string of the molecule is CC(C)C(CO)C(NCc1ccc(C(=O)O)cc1)C(C)C. The number of hydrogen-bond acceptors (Lipinski definition) is 3. The molecule has 1 rings (SSSR count). The van der Waals surface area contributed by atoms with E-state index in [1.54, 1.807) is 12.1 Å². The first-order chi connectivity index (χ1) is 9.86. The summed E-state index contributed by atoms with van der Waals surface area (Å²) in [4.78, 5) is 10.8. The molecule has 0 aliphatic carbocycles. The molecule has 0 saturated heterocycles. The zero-order valence-corrected chi connectivity index (χ0v) is 13.3. The van der Waals surface area contributed by atoms with Gasteiger partial charge < -0.3 is 15.5 Å². The maximum absolute atomic E-state index is 10.8. The number of carboxylic acids is 1. The molecule has 21 heavy (non-hydrogen) atoms. The highest BCUT2D eigenvalue weighted by molar-refractivity contribution is 5.87. The fraction of sp³-hybridized carbons (Fsp3) is 0.588. The number of nitrogens with one attached hydrogen (secondary N) is 1. The number of hydrogen-bond donors (Lipinski definition) is 3. The second kappa shape index (κ2) is 8.15. The Hall–Kier alpha value is -1.39.